The molecule has 1 amide bonds. The van der Waals surface area contributed by atoms with E-state index in [0.717, 1.165) is 51.8 Å². The van der Waals surface area contributed by atoms with E-state index in [0.29, 0.717) is 5.75 Å². The van der Waals surface area contributed by atoms with Crippen LogP contribution in [0.5, 0.6) is 5.75 Å². The number of halogens is 1. The van der Waals surface area contributed by atoms with Crippen LogP contribution in [0.4, 0.5) is 9.39 Å². The molecular weight excluding hydrogens is 505 g/mol. The minimum Gasteiger partial charge on any atom is -0.484 e. The summed E-state index contributed by atoms with van der Waals surface area (Å²) in [6.45, 7) is 2.50. The lowest BCUT2D eigenvalue weighted by atomic mass is 10.0. The summed E-state index contributed by atoms with van der Waals surface area (Å²) < 4.78 is 19.9. The van der Waals surface area contributed by atoms with E-state index in [1.807, 2.05) is 24.3 Å². The van der Waals surface area contributed by atoms with Crippen LogP contribution in [-0.2, 0) is 24.3 Å². The summed E-state index contributed by atoms with van der Waals surface area (Å²) in [5, 5.41) is 4.81. The van der Waals surface area contributed by atoms with Gasteiger partial charge in [0, 0.05) is 30.1 Å². The third-order valence-electron chi connectivity index (χ3n) is 6.33. The molecule has 1 aliphatic heterocycles. The molecule has 6 rings (SSSR count). The Kier molecular flexibility index (Phi) is 6.70. The van der Waals surface area contributed by atoms with E-state index >= 15 is 0 Å². The van der Waals surface area contributed by atoms with Gasteiger partial charge in [0.2, 0.25) is 0 Å². The van der Waals surface area contributed by atoms with Gasteiger partial charge in [-0.15, -0.1) is 22.7 Å². The summed E-state index contributed by atoms with van der Waals surface area (Å²) in [5.41, 5.74) is 4.54. The van der Waals surface area contributed by atoms with Crippen LogP contribution in [0.1, 0.15) is 16.0 Å². The molecule has 1 N–H and O–H groups in total. The van der Waals surface area contributed by atoms with E-state index in [9.17, 15) is 9.18 Å². The molecule has 5 nitrogen and oxygen atoms in total. The molecule has 0 atom stereocenters. The summed E-state index contributed by atoms with van der Waals surface area (Å²) in [6, 6.07) is 24.3. The number of aromatic nitrogens is 1. The molecule has 0 fully saturated rings. The number of fused-ring (bicyclic) bond motifs is 2. The molecule has 0 spiro atoms. The van der Waals surface area contributed by atoms with Gasteiger partial charge in [0.15, 0.2) is 6.61 Å². The standard InChI is InChI=1S/C29H24FN3O2S2/c30-20-10-12-21(13-11-20)35-18-26(34)32-29-27(28-31-23-8-4-5-9-24(23)36-28)22-14-15-33(17-25(22)37-29)16-19-6-2-1-3-7-19/h1-13H,14-18H2,(H,32,34). The van der Waals surface area contributed by atoms with Crippen LogP contribution in [-0.4, -0.2) is 28.9 Å². The minimum absolute atomic E-state index is 0.159. The fourth-order valence-electron chi connectivity index (χ4n) is 4.57. The largest absolute Gasteiger partial charge is 0.484 e. The monoisotopic (exact) mass is 529 g/mol. The van der Waals surface area contributed by atoms with Crippen molar-refractivity contribution in [3.05, 3.63) is 101 Å². The number of thiazole rings is 1. The number of thiophene rings is 1. The Hall–Kier alpha value is -3.59. The third kappa shape index (κ3) is 5.27. The number of hydrogen-bond donors (Lipinski definition) is 1. The predicted octanol–water partition coefficient (Wildman–Crippen LogP) is 6.74. The molecular formula is C29H24FN3O2S2. The zero-order valence-electron chi connectivity index (χ0n) is 19.9. The highest BCUT2D eigenvalue weighted by Crippen LogP contribution is 2.45. The van der Waals surface area contributed by atoms with Crippen LogP contribution < -0.4 is 10.1 Å². The molecule has 8 heteroatoms. The van der Waals surface area contributed by atoms with E-state index < -0.39 is 0 Å². The molecule has 0 saturated heterocycles. The maximum Gasteiger partial charge on any atom is 0.262 e. The van der Waals surface area contributed by atoms with Crippen LogP contribution in [0, 0.1) is 5.82 Å². The Labute approximate surface area is 222 Å². The van der Waals surface area contributed by atoms with Crippen molar-refractivity contribution in [3.8, 4) is 16.3 Å². The number of carbonyl (C=O) groups is 1. The van der Waals surface area contributed by atoms with Crippen molar-refractivity contribution in [1.82, 2.24) is 9.88 Å². The Morgan fingerprint density at radius 3 is 2.59 bits per heavy atom. The predicted molar refractivity (Wildman–Crippen MR) is 148 cm³/mol. The second kappa shape index (κ2) is 10.4. The molecule has 37 heavy (non-hydrogen) atoms. The van der Waals surface area contributed by atoms with E-state index in [4.69, 9.17) is 9.72 Å². The van der Waals surface area contributed by atoms with Crippen molar-refractivity contribution in [2.45, 2.75) is 19.5 Å². The molecule has 0 aliphatic carbocycles. The first-order valence-electron chi connectivity index (χ1n) is 12.1. The van der Waals surface area contributed by atoms with E-state index in [1.54, 1.807) is 22.7 Å². The van der Waals surface area contributed by atoms with Gasteiger partial charge in [-0.25, -0.2) is 9.37 Å². The molecule has 5 aromatic rings. The van der Waals surface area contributed by atoms with E-state index in [1.165, 1.54) is 40.3 Å². The molecule has 186 valence electrons. The van der Waals surface area contributed by atoms with Gasteiger partial charge >= 0.3 is 0 Å². The highest BCUT2D eigenvalue weighted by Gasteiger charge is 2.28. The molecule has 3 aromatic carbocycles. The highest BCUT2D eigenvalue weighted by molar-refractivity contribution is 7.22. The first kappa shape index (κ1) is 23.8. The highest BCUT2D eigenvalue weighted by atomic mass is 32.1. The summed E-state index contributed by atoms with van der Waals surface area (Å²) in [5.74, 6) is -0.154. The number of anilines is 1. The van der Waals surface area contributed by atoms with E-state index in [-0.39, 0.29) is 18.3 Å². The van der Waals surface area contributed by atoms with Crippen LogP contribution >= 0.6 is 22.7 Å². The summed E-state index contributed by atoms with van der Waals surface area (Å²) >= 11 is 3.27. The Bertz CT molecular complexity index is 1510. The van der Waals surface area contributed by atoms with E-state index in [2.05, 4.69) is 40.5 Å². The van der Waals surface area contributed by atoms with Gasteiger partial charge in [-0.05, 0) is 53.9 Å². The minimum atomic E-state index is -0.345. The van der Waals surface area contributed by atoms with Gasteiger partial charge in [0.1, 0.15) is 21.6 Å². The van der Waals surface area contributed by atoms with Crippen LogP contribution in [0.3, 0.4) is 0 Å². The molecule has 0 radical (unpaired) electrons. The summed E-state index contributed by atoms with van der Waals surface area (Å²) in [4.78, 5) is 21.5. The molecule has 3 heterocycles. The second-order valence-electron chi connectivity index (χ2n) is 8.93. The van der Waals surface area contributed by atoms with Gasteiger partial charge in [-0.3, -0.25) is 9.69 Å². The smallest absolute Gasteiger partial charge is 0.262 e. The molecule has 0 bridgehead atoms. The first-order valence-corrected chi connectivity index (χ1v) is 13.7. The zero-order chi connectivity index (χ0) is 25.2. The summed E-state index contributed by atoms with van der Waals surface area (Å²) in [6.07, 6.45) is 0.895. The number of nitrogens with one attached hydrogen (secondary N) is 1. The SMILES string of the molecule is O=C(COc1ccc(F)cc1)Nc1sc2c(c1-c1nc3ccccc3s1)CCN(Cc1ccccc1)C2. The Balaban J connectivity index is 1.27. The number of para-hydroxylation sites is 1. The number of nitrogens with zero attached hydrogens (tertiary/aromatic N) is 2. The third-order valence-corrected chi connectivity index (χ3v) is 8.52. The average molecular weight is 530 g/mol. The molecule has 0 saturated carbocycles. The number of benzene rings is 3. The van der Waals surface area contributed by atoms with Crippen molar-refractivity contribution >= 4 is 43.8 Å². The van der Waals surface area contributed by atoms with Gasteiger partial charge in [-0.2, -0.15) is 0 Å². The van der Waals surface area contributed by atoms with Gasteiger partial charge < -0.3 is 10.1 Å². The van der Waals surface area contributed by atoms with Crippen molar-refractivity contribution in [2.24, 2.45) is 0 Å². The van der Waals surface area contributed by atoms with Gasteiger partial charge in [0.05, 0.1) is 10.2 Å². The topological polar surface area (TPSA) is 54.5 Å². The lowest BCUT2D eigenvalue weighted by molar-refractivity contribution is -0.118. The van der Waals surface area contributed by atoms with Crippen molar-refractivity contribution in [1.29, 1.82) is 0 Å². The Morgan fingerprint density at radius 1 is 1.00 bits per heavy atom. The molecule has 0 unspecified atom stereocenters. The molecule has 2 aromatic heterocycles. The maximum atomic E-state index is 13.2. The lowest BCUT2D eigenvalue weighted by Gasteiger charge is -2.27. The van der Waals surface area contributed by atoms with Crippen molar-refractivity contribution < 1.29 is 13.9 Å². The normalized spacial score (nSPS) is 13.4. The van der Waals surface area contributed by atoms with Crippen LogP contribution in [0.15, 0.2) is 78.9 Å². The number of amides is 1. The second-order valence-corrected chi connectivity index (χ2v) is 11.1. The van der Waals surface area contributed by atoms with Crippen molar-refractivity contribution in [3.63, 3.8) is 0 Å². The fraction of sp³-hybridized carbons (Fsp3) is 0.172. The number of ether oxygens (including phenoxy) is 1. The lowest BCUT2D eigenvalue weighted by Crippen LogP contribution is -2.29. The Morgan fingerprint density at radius 2 is 1.78 bits per heavy atom. The first-order chi connectivity index (χ1) is 18.1. The average Bonchev–Trinajstić information content (AvgIpc) is 3.49. The van der Waals surface area contributed by atoms with Gasteiger partial charge in [0.25, 0.3) is 5.91 Å². The fourth-order valence-corrected chi connectivity index (χ4v) is 6.99. The number of carbonyl (C=O) groups excluding carboxylic acids is 1. The van der Waals surface area contributed by atoms with Gasteiger partial charge in [-0.1, -0.05) is 42.5 Å². The zero-order valence-corrected chi connectivity index (χ0v) is 21.6. The number of hydrogen-bond acceptors (Lipinski definition) is 6. The van der Waals surface area contributed by atoms with Crippen LogP contribution in [0.2, 0.25) is 0 Å². The van der Waals surface area contributed by atoms with Crippen molar-refractivity contribution in [2.75, 3.05) is 18.5 Å². The molecule has 1 aliphatic rings. The number of rotatable bonds is 7. The maximum absolute atomic E-state index is 13.2. The van der Waals surface area contributed by atoms with Crippen LogP contribution in [0.25, 0.3) is 20.8 Å². The quantitative estimate of drug-likeness (QED) is 0.254. The summed E-state index contributed by atoms with van der Waals surface area (Å²) in [7, 11) is 0.